The first-order valence-electron chi connectivity index (χ1n) is 8.66. The lowest BCUT2D eigenvalue weighted by Crippen LogP contribution is -2.42. The molecule has 27 heavy (non-hydrogen) atoms. The Morgan fingerprint density at radius 1 is 1.26 bits per heavy atom. The van der Waals surface area contributed by atoms with Gasteiger partial charge in [0.25, 0.3) is 5.56 Å². The standard InChI is InChI=1S/C18H20F2N4O3/c1-2-13-10-17(26)24(18(21-13)23-5-7-27-8-6-23)11-16(25)22-15-9-12(19)3-4-14(15)20/h3-4,9-10H,2,5-8,11H2,1H3,(H,22,25). The smallest absolute Gasteiger partial charge is 0.255 e. The van der Waals surface area contributed by atoms with Crippen LogP contribution in [0.4, 0.5) is 20.4 Å². The topological polar surface area (TPSA) is 76.5 Å². The molecule has 1 aromatic carbocycles. The fourth-order valence-electron chi connectivity index (χ4n) is 2.80. The van der Waals surface area contributed by atoms with Gasteiger partial charge < -0.3 is 15.0 Å². The number of amides is 1. The number of ether oxygens (including phenoxy) is 1. The molecule has 1 amide bonds. The minimum absolute atomic E-state index is 0.279. The number of aryl methyl sites for hydroxylation is 1. The summed E-state index contributed by atoms with van der Waals surface area (Å²) in [5.74, 6) is -1.71. The lowest BCUT2D eigenvalue weighted by atomic mass is 10.3. The minimum Gasteiger partial charge on any atom is -0.378 e. The lowest BCUT2D eigenvalue weighted by molar-refractivity contribution is -0.116. The Morgan fingerprint density at radius 3 is 2.70 bits per heavy atom. The van der Waals surface area contributed by atoms with E-state index in [-0.39, 0.29) is 17.8 Å². The Balaban J connectivity index is 1.87. The van der Waals surface area contributed by atoms with Crippen molar-refractivity contribution in [3.8, 4) is 0 Å². The average Bonchev–Trinajstić information content (AvgIpc) is 2.66. The summed E-state index contributed by atoms with van der Waals surface area (Å²) in [4.78, 5) is 31.2. The van der Waals surface area contributed by atoms with Gasteiger partial charge >= 0.3 is 0 Å². The van der Waals surface area contributed by atoms with Gasteiger partial charge in [-0.25, -0.2) is 13.8 Å². The zero-order valence-electron chi connectivity index (χ0n) is 14.9. The fourth-order valence-corrected chi connectivity index (χ4v) is 2.80. The molecule has 1 aromatic heterocycles. The van der Waals surface area contributed by atoms with Crippen LogP contribution in [0, 0.1) is 11.6 Å². The zero-order valence-corrected chi connectivity index (χ0v) is 14.9. The van der Waals surface area contributed by atoms with Crippen molar-refractivity contribution >= 4 is 17.5 Å². The second-order valence-electron chi connectivity index (χ2n) is 6.10. The number of aromatic nitrogens is 2. The van der Waals surface area contributed by atoms with Gasteiger partial charge in [0.1, 0.15) is 18.2 Å². The number of benzene rings is 1. The van der Waals surface area contributed by atoms with Gasteiger partial charge in [-0.3, -0.25) is 14.2 Å². The Morgan fingerprint density at radius 2 is 2.00 bits per heavy atom. The van der Waals surface area contributed by atoms with E-state index in [9.17, 15) is 18.4 Å². The number of carbonyl (C=O) groups excluding carboxylic acids is 1. The minimum atomic E-state index is -0.759. The van der Waals surface area contributed by atoms with Crippen molar-refractivity contribution in [3.63, 3.8) is 0 Å². The molecule has 0 saturated carbocycles. The quantitative estimate of drug-likeness (QED) is 0.855. The van der Waals surface area contributed by atoms with E-state index in [1.807, 2.05) is 11.8 Å². The van der Waals surface area contributed by atoms with Crippen molar-refractivity contribution in [1.29, 1.82) is 0 Å². The van der Waals surface area contributed by atoms with Crippen LogP contribution >= 0.6 is 0 Å². The Kier molecular flexibility index (Phi) is 5.80. The number of hydrogen-bond donors (Lipinski definition) is 1. The maximum absolute atomic E-state index is 13.7. The molecule has 7 nitrogen and oxygen atoms in total. The molecule has 0 radical (unpaired) electrons. The summed E-state index contributed by atoms with van der Waals surface area (Å²) in [7, 11) is 0. The van der Waals surface area contributed by atoms with Gasteiger partial charge in [0.05, 0.1) is 18.9 Å². The number of nitrogens with one attached hydrogen (secondary N) is 1. The van der Waals surface area contributed by atoms with E-state index in [1.54, 1.807) is 0 Å². The number of halogens is 2. The molecule has 0 aliphatic carbocycles. The summed E-state index contributed by atoms with van der Waals surface area (Å²) >= 11 is 0. The number of hydrogen-bond acceptors (Lipinski definition) is 5. The predicted molar refractivity (Wildman–Crippen MR) is 95.9 cm³/mol. The van der Waals surface area contributed by atoms with E-state index in [2.05, 4.69) is 10.3 Å². The van der Waals surface area contributed by atoms with E-state index in [0.717, 1.165) is 18.2 Å². The number of rotatable bonds is 5. The maximum Gasteiger partial charge on any atom is 0.255 e. The van der Waals surface area contributed by atoms with E-state index in [4.69, 9.17) is 4.74 Å². The van der Waals surface area contributed by atoms with Crippen molar-refractivity contribution in [2.45, 2.75) is 19.9 Å². The summed E-state index contributed by atoms with van der Waals surface area (Å²) in [5, 5.41) is 2.30. The van der Waals surface area contributed by atoms with E-state index in [0.29, 0.717) is 44.4 Å². The summed E-state index contributed by atoms with van der Waals surface area (Å²) in [6, 6.07) is 4.14. The third-order valence-electron chi connectivity index (χ3n) is 4.20. The molecule has 0 bridgehead atoms. The van der Waals surface area contributed by atoms with Crippen molar-refractivity contribution in [2.75, 3.05) is 36.5 Å². The molecule has 2 aromatic rings. The second kappa shape index (κ2) is 8.26. The monoisotopic (exact) mass is 378 g/mol. The van der Waals surface area contributed by atoms with E-state index < -0.39 is 17.5 Å². The third kappa shape index (κ3) is 4.48. The zero-order chi connectivity index (χ0) is 19.4. The third-order valence-corrected chi connectivity index (χ3v) is 4.20. The van der Waals surface area contributed by atoms with Crippen LogP contribution in [0.2, 0.25) is 0 Å². The highest BCUT2D eigenvalue weighted by atomic mass is 19.1. The van der Waals surface area contributed by atoms with Crippen molar-refractivity contribution in [3.05, 3.63) is 51.9 Å². The molecule has 3 rings (SSSR count). The summed E-state index contributed by atoms with van der Waals surface area (Å²) in [6.45, 7) is 3.59. The van der Waals surface area contributed by atoms with Gasteiger partial charge in [-0.05, 0) is 18.6 Å². The van der Waals surface area contributed by atoms with Crippen LogP contribution in [0.5, 0.6) is 0 Å². The molecule has 2 heterocycles. The molecular formula is C18H20F2N4O3. The molecule has 0 unspecified atom stereocenters. The van der Waals surface area contributed by atoms with Gasteiger partial charge in [-0.2, -0.15) is 0 Å². The number of carbonyl (C=O) groups is 1. The number of nitrogens with zero attached hydrogens (tertiary/aromatic N) is 3. The first-order valence-corrected chi connectivity index (χ1v) is 8.66. The highest BCUT2D eigenvalue weighted by Gasteiger charge is 2.20. The highest BCUT2D eigenvalue weighted by molar-refractivity contribution is 5.90. The average molecular weight is 378 g/mol. The summed E-state index contributed by atoms with van der Waals surface area (Å²) in [5.41, 5.74) is -0.0355. The first kappa shape index (κ1) is 19.0. The van der Waals surface area contributed by atoms with Crippen molar-refractivity contribution < 1.29 is 18.3 Å². The van der Waals surface area contributed by atoms with Gasteiger partial charge in [0, 0.05) is 30.9 Å². The molecule has 1 aliphatic rings. The summed E-state index contributed by atoms with van der Waals surface area (Å²) in [6.07, 6.45) is 0.577. The molecule has 1 aliphatic heterocycles. The maximum atomic E-state index is 13.7. The van der Waals surface area contributed by atoms with Crippen LogP contribution in [0.15, 0.2) is 29.1 Å². The largest absolute Gasteiger partial charge is 0.378 e. The SMILES string of the molecule is CCc1cc(=O)n(CC(=O)Nc2cc(F)ccc2F)c(N2CCOCC2)n1. The van der Waals surface area contributed by atoms with Crippen LogP contribution < -0.4 is 15.8 Å². The normalized spacial score (nSPS) is 14.3. The highest BCUT2D eigenvalue weighted by Crippen LogP contribution is 2.16. The van der Waals surface area contributed by atoms with Crippen molar-refractivity contribution in [1.82, 2.24) is 9.55 Å². The molecule has 0 spiro atoms. The van der Waals surface area contributed by atoms with Gasteiger partial charge in [-0.15, -0.1) is 0 Å². The Bertz CT molecular complexity index is 895. The Labute approximate surface area is 154 Å². The number of anilines is 2. The molecule has 1 saturated heterocycles. The lowest BCUT2D eigenvalue weighted by Gasteiger charge is -2.29. The van der Waals surface area contributed by atoms with Crippen molar-refractivity contribution in [2.24, 2.45) is 0 Å². The van der Waals surface area contributed by atoms with Gasteiger partial charge in [0.2, 0.25) is 11.9 Å². The van der Waals surface area contributed by atoms with Crippen LogP contribution in [-0.4, -0.2) is 41.8 Å². The Hall–Kier alpha value is -2.81. The van der Waals surface area contributed by atoms with Crippen LogP contribution in [0.1, 0.15) is 12.6 Å². The molecule has 1 fully saturated rings. The van der Waals surface area contributed by atoms with E-state index >= 15 is 0 Å². The van der Waals surface area contributed by atoms with Crippen LogP contribution in [0.25, 0.3) is 0 Å². The van der Waals surface area contributed by atoms with Gasteiger partial charge in [-0.1, -0.05) is 6.92 Å². The second-order valence-corrected chi connectivity index (χ2v) is 6.10. The molecule has 144 valence electrons. The van der Waals surface area contributed by atoms with Crippen LogP contribution in [0.3, 0.4) is 0 Å². The van der Waals surface area contributed by atoms with E-state index in [1.165, 1.54) is 10.6 Å². The first-order chi connectivity index (χ1) is 13.0. The molecular weight excluding hydrogens is 358 g/mol. The predicted octanol–water partition coefficient (Wildman–Crippen LogP) is 1.56. The van der Waals surface area contributed by atoms with Gasteiger partial charge in [0.15, 0.2) is 0 Å². The molecule has 9 heteroatoms. The molecule has 0 atom stereocenters. The van der Waals surface area contributed by atoms with Crippen LogP contribution in [-0.2, 0) is 22.5 Å². The summed E-state index contributed by atoms with van der Waals surface area (Å²) < 4.78 is 33.6. The number of morpholine rings is 1. The fraction of sp³-hybridized carbons (Fsp3) is 0.389. The molecule has 1 N–H and O–H groups in total.